The fraction of sp³-hybridized carbons (Fsp3) is 0.643. The van der Waals surface area contributed by atoms with Crippen LogP contribution in [0.4, 0.5) is 0 Å². The molecule has 2 rings (SSSR count). The third kappa shape index (κ3) is 2.69. The number of nitrogens with one attached hydrogen (secondary N) is 1. The van der Waals surface area contributed by atoms with E-state index in [4.69, 9.17) is 9.63 Å². The summed E-state index contributed by atoms with van der Waals surface area (Å²) in [5.41, 5.74) is 1.61. The molecule has 3 atom stereocenters. The normalized spacial score (nSPS) is 23.6. The Hall–Kier alpha value is -1.85. The maximum Gasteiger partial charge on any atom is 0.307 e. The van der Waals surface area contributed by atoms with Crippen molar-refractivity contribution in [1.82, 2.24) is 10.5 Å². The number of carbonyl (C=O) groups is 2. The Morgan fingerprint density at radius 2 is 2.00 bits per heavy atom. The van der Waals surface area contributed by atoms with Gasteiger partial charge in [-0.2, -0.15) is 0 Å². The lowest BCUT2D eigenvalue weighted by Gasteiger charge is -2.19. The van der Waals surface area contributed by atoms with E-state index in [1.165, 1.54) is 0 Å². The van der Waals surface area contributed by atoms with Crippen LogP contribution < -0.4 is 5.32 Å². The SMILES string of the molecule is Cc1noc(C)c1C(C)NC(=O)[C@@H]1CCC[C@@H]1C(=O)O. The number of amides is 1. The highest BCUT2D eigenvalue weighted by molar-refractivity contribution is 5.85. The lowest BCUT2D eigenvalue weighted by molar-refractivity contribution is -0.146. The number of hydrogen-bond donors (Lipinski definition) is 2. The van der Waals surface area contributed by atoms with Crippen LogP contribution in [0.15, 0.2) is 4.52 Å². The molecule has 1 fully saturated rings. The molecular weight excluding hydrogens is 260 g/mol. The summed E-state index contributed by atoms with van der Waals surface area (Å²) >= 11 is 0. The molecule has 1 amide bonds. The Morgan fingerprint density at radius 1 is 1.35 bits per heavy atom. The third-order valence-corrected chi connectivity index (χ3v) is 4.05. The van der Waals surface area contributed by atoms with E-state index < -0.39 is 17.8 Å². The second-order valence-electron chi connectivity index (χ2n) is 5.45. The van der Waals surface area contributed by atoms with E-state index in [1.807, 2.05) is 13.8 Å². The van der Waals surface area contributed by atoms with Crippen LogP contribution in [0.25, 0.3) is 0 Å². The van der Waals surface area contributed by atoms with Gasteiger partial charge in [0.2, 0.25) is 5.91 Å². The van der Waals surface area contributed by atoms with Crippen LogP contribution >= 0.6 is 0 Å². The minimum atomic E-state index is -0.882. The molecule has 2 N–H and O–H groups in total. The summed E-state index contributed by atoms with van der Waals surface area (Å²) in [7, 11) is 0. The van der Waals surface area contributed by atoms with Gasteiger partial charge < -0.3 is 14.9 Å². The molecule has 1 aromatic rings. The largest absolute Gasteiger partial charge is 0.481 e. The molecule has 1 aromatic heterocycles. The first-order valence-electron chi connectivity index (χ1n) is 6.87. The fourth-order valence-electron chi connectivity index (χ4n) is 3.07. The molecular formula is C14H20N2O4. The average Bonchev–Trinajstić information content (AvgIpc) is 2.96. The molecule has 1 aliphatic carbocycles. The van der Waals surface area contributed by atoms with Crippen molar-refractivity contribution in [2.24, 2.45) is 11.8 Å². The van der Waals surface area contributed by atoms with Gasteiger partial charge in [-0.3, -0.25) is 9.59 Å². The minimum Gasteiger partial charge on any atom is -0.481 e. The molecule has 0 saturated heterocycles. The van der Waals surface area contributed by atoms with Gasteiger partial charge in [0.25, 0.3) is 0 Å². The maximum absolute atomic E-state index is 12.3. The Bertz CT molecular complexity index is 504. The van der Waals surface area contributed by atoms with Crippen molar-refractivity contribution in [2.75, 3.05) is 0 Å². The zero-order valence-electron chi connectivity index (χ0n) is 12.0. The van der Waals surface area contributed by atoms with Crippen molar-refractivity contribution in [1.29, 1.82) is 0 Å². The van der Waals surface area contributed by atoms with Crippen molar-refractivity contribution in [3.8, 4) is 0 Å². The van der Waals surface area contributed by atoms with Crippen LogP contribution in [0.5, 0.6) is 0 Å². The fourth-order valence-corrected chi connectivity index (χ4v) is 3.07. The standard InChI is InChI=1S/C14H20N2O4/c1-7(12-8(2)16-20-9(12)3)15-13(17)10-5-4-6-11(10)14(18)19/h7,10-11H,4-6H2,1-3H3,(H,15,17)(H,18,19)/t7?,10-,11+/m1/s1. The van der Waals surface area contributed by atoms with Crippen LogP contribution in [0, 0.1) is 25.7 Å². The average molecular weight is 280 g/mol. The number of aromatic nitrogens is 1. The predicted octanol–water partition coefficient (Wildman–Crippen LogP) is 1.97. The van der Waals surface area contributed by atoms with E-state index in [2.05, 4.69) is 10.5 Å². The molecule has 1 saturated carbocycles. The van der Waals surface area contributed by atoms with Crippen LogP contribution in [-0.2, 0) is 9.59 Å². The molecule has 0 aromatic carbocycles. The summed E-state index contributed by atoms with van der Waals surface area (Å²) in [5.74, 6) is -1.39. The molecule has 6 nitrogen and oxygen atoms in total. The molecule has 0 radical (unpaired) electrons. The van der Waals surface area contributed by atoms with Crippen molar-refractivity contribution in [3.05, 3.63) is 17.0 Å². The number of carboxylic acids is 1. The molecule has 0 aliphatic heterocycles. The van der Waals surface area contributed by atoms with E-state index in [9.17, 15) is 9.59 Å². The Morgan fingerprint density at radius 3 is 2.55 bits per heavy atom. The van der Waals surface area contributed by atoms with Crippen LogP contribution in [-0.4, -0.2) is 22.1 Å². The van der Waals surface area contributed by atoms with E-state index in [0.717, 1.165) is 17.7 Å². The number of carbonyl (C=O) groups excluding carboxylic acids is 1. The number of aryl methyl sites for hydroxylation is 2. The molecule has 110 valence electrons. The van der Waals surface area contributed by atoms with Crippen molar-refractivity contribution in [3.63, 3.8) is 0 Å². The molecule has 1 aliphatic rings. The highest BCUT2D eigenvalue weighted by atomic mass is 16.5. The van der Waals surface area contributed by atoms with E-state index in [0.29, 0.717) is 18.6 Å². The van der Waals surface area contributed by atoms with Gasteiger partial charge in [0, 0.05) is 5.56 Å². The predicted molar refractivity (Wildman–Crippen MR) is 71.0 cm³/mol. The molecule has 1 heterocycles. The van der Waals surface area contributed by atoms with Crippen LogP contribution in [0.3, 0.4) is 0 Å². The topological polar surface area (TPSA) is 92.4 Å². The summed E-state index contributed by atoms with van der Waals surface area (Å²) in [4.78, 5) is 23.4. The number of nitrogens with zero attached hydrogens (tertiary/aromatic N) is 1. The summed E-state index contributed by atoms with van der Waals surface area (Å²) in [6.07, 6.45) is 2.00. The smallest absolute Gasteiger partial charge is 0.307 e. The summed E-state index contributed by atoms with van der Waals surface area (Å²) in [6.45, 7) is 5.48. The van der Waals surface area contributed by atoms with Crippen molar-refractivity contribution in [2.45, 2.75) is 46.1 Å². The van der Waals surface area contributed by atoms with Gasteiger partial charge in [-0.05, 0) is 33.6 Å². The first-order valence-corrected chi connectivity index (χ1v) is 6.87. The number of rotatable bonds is 4. The second-order valence-corrected chi connectivity index (χ2v) is 5.45. The van der Waals surface area contributed by atoms with Gasteiger partial charge in [0.05, 0.1) is 23.6 Å². The van der Waals surface area contributed by atoms with Gasteiger partial charge in [-0.1, -0.05) is 11.6 Å². The van der Waals surface area contributed by atoms with E-state index in [-0.39, 0.29) is 11.9 Å². The number of carboxylic acid groups (broad SMARTS) is 1. The summed E-state index contributed by atoms with van der Waals surface area (Å²) in [6, 6.07) is -0.233. The molecule has 0 spiro atoms. The van der Waals surface area contributed by atoms with Crippen molar-refractivity contribution < 1.29 is 19.2 Å². The first kappa shape index (κ1) is 14.6. The lowest BCUT2D eigenvalue weighted by Crippen LogP contribution is -2.36. The quantitative estimate of drug-likeness (QED) is 0.879. The Balaban J connectivity index is 2.06. The van der Waals surface area contributed by atoms with Crippen LogP contribution in [0.1, 0.15) is 49.2 Å². The van der Waals surface area contributed by atoms with Gasteiger partial charge >= 0.3 is 5.97 Å². The summed E-state index contributed by atoms with van der Waals surface area (Å²) < 4.78 is 5.09. The highest BCUT2D eigenvalue weighted by Crippen LogP contribution is 2.33. The number of hydrogen-bond acceptors (Lipinski definition) is 4. The van der Waals surface area contributed by atoms with Gasteiger partial charge in [0.1, 0.15) is 5.76 Å². The lowest BCUT2D eigenvalue weighted by atomic mass is 9.94. The van der Waals surface area contributed by atoms with E-state index in [1.54, 1.807) is 6.92 Å². The van der Waals surface area contributed by atoms with Crippen molar-refractivity contribution >= 4 is 11.9 Å². The Kier molecular flexibility index (Phi) is 4.11. The second kappa shape index (κ2) is 5.64. The van der Waals surface area contributed by atoms with E-state index >= 15 is 0 Å². The molecule has 6 heteroatoms. The van der Waals surface area contributed by atoms with Gasteiger partial charge in [-0.15, -0.1) is 0 Å². The highest BCUT2D eigenvalue weighted by Gasteiger charge is 2.38. The minimum absolute atomic E-state index is 0.192. The molecule has 0 bridgehead atoms. The molecule has 1 unspecified atom stereocenters. The number of aliphatic carboxylic acids is 1. The third-order valence-electron chi connectivity index (χ3n) is 4.05. The molecule has 20 heavy (non-hydrogen) atoms. The van der Waals surface area contributed by atoms with Gasteiger partial charge in [-0.25, -0.2) is 0 Å². The monoisotopic (exact) mass is 280 g/mol. The van der Waals surface area contributed by atoms with Gasteiger partial charge in [0.15, 0.2) is 0 Å². The maximum atomic E-state index is 12.3. The Labute approximate surface area is 117 Å². The zero-order valence-corrected chi connectivity index (χ0v) is 12.0. The summed E-state index contributed by atoms with van der Waals surface area (Å²) in [5, 5.41) is 15.9. The first-order chi connectivity index (χ1) is 9.41. The zero-order chi connectivity index (χ0) is 14.9. The van der Waals surface area contributed by atoms with Crippen LogP contribution in [0.2, 0.25) is 0 Å².